The Labute approximate surface area is 182 Å². The quantitative estimate of drug-likeness (QED) is 0.441. The summed E-state index contributed by atoms with van der Waals surface area (Å²) in [7, 11) is 0. The first-order valence-corrected chi connectivity index (χ1v) is 10.4. The number of hydrogen-bond donors (Lipinski definition) is 2. The number of hydrogen-bond acceptors (Lipinski definition) is 6. The number of carbonyl (C=O) groups excluding carboxylic acids is 1. The van der Waals surface area contributed by atoms with Crippen molar-refractivity contribution in [2.45, 2.75) is 20.8 Å². The molecule has 0 spiro atoms. The van der Waals surface area contributed by atoms with Crippen LogP contribution in [0.3, 0.4) is 0 Å². The molecule has 3 heterocycles. The molecule has 0 aliphatic carbocycles. The van der Waals surface area contributed by atoms with Crippen molar-refractivity contribution >= 4 is 46.0 Å². The highest BCUT2D eigenvalue weighted by Gasteiger charge is 2.11. The van der Waals surface area contributed by atoms with Crippen LogP contribution in [0.5, 0.6) is 0 Å². The summed E-state index contributed by atoms with van der Waals surface area (Å²) < 4.78 is 2.37. The van der Waals surface area contributed by atoms with Crippen LogP contribution in [0.1, 0.15) is 26.6 Å². The molecule has 1 amide bonds. The van der Waals surface area contributed by atoms with E-state index in [-0.39, 0.29) is 5.91 Å². The fourth-order valence-corrected chi connectivity index (χ4v) is 3.80. The van der Waals surface area contributed by atoms with E-state index in [2.05, 4.69) is 25.9 Å². The number of rotatable bonds is 5. The van der Waals surface area contributed by atoms with Crippen LogP contribution in [0.4, 0.5) is 17.2 Å². The topological polar surface area (TPSA) is 84.7 Å². The molecule has 7 nitrogen and oxygen atoms in total. The van der Waals surface area contributed by atoms with Gasteiger partial charge in [0.05, 0.1) is 14.9 Å². The summed E-state index contributed by atoms with van der Waals surface area (Å²) in [5, 5.41) is 19.1. The van der Waals surface area contributed by atoms with Gasteiger partial charge in [-0.2, -0.15) is 5.10 Å². The minimum absolute atomic E-state index is 0.187. The maximum atomic E-state index is 12.2. The van der Waals surface area contributed by atoms with Gasteiger partial charge in [0.25, 0.3) is 5.91 Å². The molecule has 30 heavy (non-hydrogen) atoms. The highest BCUT2D eigenvalue weighted by atomic mass is 35.5. The van der Waals surface area contributed by atoms with E-state index in [1.807, 2.05) is 57.2 Å². The molecule has 0 atom stereocenters. The van der Waals surface area contributed by atoms with Crippen LogP contribution in [0, 0.1) is 20.8 Å². The predicted octanol–water partition coefficient (Wildman–Crippen LogP) is 5.30. The summed E-state index contributed by atoms with van der Waals surface area (Å²) in [6.45, 7) is 6.03. The molecule has 0 aliphatic rings. The van der Waals surface area contributed by atoms with E-state index in [1.54, 1.807) is 16.8 Å². The van der Waals surface area contributed by atoms with E-state index in [0.717, 1.165) is 22.6 Å². The van der Waals surface area contributed by atoms with E-state index in [4.69, 9.17) is 11.6 Å². The Morgan fingerprint density at radius 3 is 2.27 bits per heavy atom. The fourth-order valence-electron chi connectivity index (χ4n) is 2.86. The second-order valence-electron chi connectivity index (χ2n) is 6.74. The van der Waals surface area contributed by atoms with E-state index < -0.39 is 0 Å². The number of aromatic nitrogens is 4. The van der Waals surface area contributed by atoms with Gasteiger partial charge in [0.1, 0.15) is 0 Å². The van der Waals surface area contributed by atoms with E-state index >= 15 is 0 Å². The van der Waals surface area contributed by atoms with E-state index in [0.29, 0.717) is 26.5 Å². The van der Waals surface area contributed by atoms with Crippen molar-refractivity contribution in [1.29, 1.82) is 0 Å². The van der Waals surface area contributed by atoms with Gasteiger partial charge in [0, 0.05) is 17.1 Å². The molecule has 3 aromatic heterocycles. The summed E-state index contributed by atoms with van der Waals surface area (Å²) in [6.07, 6.45) is 0. The van der Waals surface area contributed by atoms with E-state index in [1.165, 1.54) is 11.3 Å². The maximum absolute atomic E-state index is 12.2. The molecule has 0 unspecified atom stereocenters. The van der Waals surface area contributed by atoms with Crippen molar-refractivity contribution in [3.63, 3.8) is 0 Å². The van der Waals surface area contributed by atoms with Crippen LogP contribution in [-0.4, -0.2) is 25.9 Å². The van der Waals surface area contributed by atoms with Gasteiger partial charge in [-0.05, 0) is 74.9 Å². The lowest BCUT2D eigenvalue weighted by Crippen LogP contribution is -2.09. The lowest BCUT2D eigenvalue weighted by molar-refractivity contribution is 0.103. The smallest absolute Gasteiger partial charge is 0.265 e. The summed E-state index contributed by atoms with van der Waals surface area (Å²) in [6, 6.07) is 14.5. The van der Waals surface area contributed by atoms with Gasteiger partial charge in [0.2, 0.25) is 0 Å². The van der Waals surface area contributed by atoms with Gasteiger partial charge in [-0.25, -0.2) is 4.68 Å². The molecule has 0 bridgehead atoms. The molecule has 1 aromatic carbocycles. The Morgan fingerprint density at radius 2 is 1.70 bits per heavy atom. The molecule has 152 valence electrons. The minimum Gasteiger partial charge on any atom is -0.339 e. The number of nitrogens with one attached hydrogen (secondary N) is 2. The van der Waals surface area contributed by atoms with Gasteiger partial charge in [0.15, 0.2) is 11.6 Å². The number of nitrogens with zero attached hydrogens (tertiary/aromatic N) is 4. The van der Waals surface area contributed by atoms with Crippen LogP contribution in [0.15, 0.2) is 48.5 Å². The summed E-state index contributed by atoms with van der Waals surface area (Å²) in [4.78, 5) is 12.8. The number of amides is 1. The number of carbonyl (C=O) groups is 1. The molecule has 0 radical (unpaired) electrons. The minimum atomic E-state index is -0.187. The Kier molecular flexibility index (Phi) is 5.52. The van der Waals surface area contributed by atoms with Crippen molar-refractivity contribution in [2.24, 2.45) is 0 Å². The van der Waals surface area contributed by atoms with Crippen molar-refractivity contribution < 1.29 is 4.79 Å². The number of thiophene rings is 1. The lowest BCUT2D eigenvalue weighted by atomic mass is 10.2. The largest absolute Gasteiger partial charge is 0.339 e. The number of anilines is 3. The average molecular weight is 439 g/mol. The zero-order valence-electron chi connectivity index (χ0n) is 16.6. The maximum Gasteiger partial charge on any atom is 0.265 e. The Hall–Kier alpha value is -3.23. The van der Waals surface area contributed by atoms with Gasteiger partial charge < -0.3 is 10.6 Å². The molecule has 0 saturated carbocycles. The summed E-state index contributed by atoms with van der Waals surface area (Å²) in [5.74, 6) is 1.09. The number of halogens is 1. The molecule has 9 heteroatoms. The van der Waals surface area contributed by atoms with Gasteiger partial charge in [-0.3, -0.25) is 4.79 Å². The molecule has 0 fully saturated rings. The SMILES string of the molecule is Cc1nn(-c2ccc(Nc3ccc(NC(=O)c4ccc(Cl)s4)cc3)nn2)c(C)c1C. The molecule has 4 rings (SSSR count). The summed E-state index contributed by atoms with van der Waals surface area (Å²) in [5.41, 5.74) is 4.69. The monoisotopic (exact) mass is 438 g/mol. The standard InChI is InChI=1S/C21H19ClN6OS/c1-12-13(2)27-28(14(12)3)20-11-10-19(25-26-20)23-15-4-6-16(7-5-15)24-21(29)17-8-9-18(22)30-17/h4-11H,1-3H3,(H,23,25)(H,24,29). The van der Waals surface area contributed by atoms with Crippen LogP contribution in [-0.2, 0) is 0 Å². The third-order valence-corrected chi connectivity index (χ3v) is 5.96. The van der Waals surface area contributed by atoms with Crippen molar-refractivity contribution in [2.75, 3.05) is 10.6 Å². The van der Waals surface area contributed by atoms with Gasteiger partial charge in [-0.15, -0.1) is 21.5 Å². The van der Waals surface area contributed by atoms with Crippen molar-refractivity contribution in [3.8, 4) is 5.82 Å². The first kappa shape index (κ1) is 20.1. The van der Waals surface area contributed by atoms with Crippen LogP contribution < -0.4 is 10.6 Å². The summed E-state index contributed by atoms with van der Waals surface area (Å²) >= 11 is 7.12. The molecule has 0 aliphatic heterocycles. The second kappa shape index (κ2) is 8.25. The molecule has 0 saturated heterocycles. The van der Waals surface area contributed by atoms with Gasteiger partial charge in [-0.1, -0.05) is 11.6 Å². The first-order chi connectivity index (χ1) is 14.4. The lowest BCUT2D eigenvalue weighted by Gasteiger charge is -2.08. The normalized spacial score (nSPS) is 10.8. The molecule has 4 aromatic rings. The average Bonchev–Trinajstić information content (AvgIpc) is 3.29. The van der Waals surface area contributed by atoms with Gasteiger partial charge >= 0.3 is 0 Å². The second-order valence-corrected chi connectivity index (χ2v) is 8.46. The van der Waals surface area contributed by atoms with Crippen LogP contribution >= 0.6 is 22.9 Å². The first-order valence-electron chi connectivity index (χ1n) is 9.21. The number of aryl methyl sites for hydroxylation is 1. The Morgan fingerprint density at radius 1 is 0.967 bits per heavy atom. The molecular formula is C21H19ClN6OS. The molecule has 2 N–H and O–H groups in total. The predicted molar refractivity (Wildman–Crippen MR) is 120 cm³/mol. The Bertz CT molecular complexity index is 1200. The van der Waals surface area contributed by atoms with Crippen LogP contribution in [0.2, 0.25) is 4.34 Å². The zero-order chi connectivity index (χ0) is 21.3. The van der Waals surface area contributed by atoms with Crippen LogP contribution in [0.25, 0.3) is 5.82 Å². The number of benzene rings is 1. The molecular weight excluding hydrogens is 420 g/mol. The zero-order valence-corrected chi connectivity index (χ0v) is 18.2. The fraction of sp³-hybridized carbons (Fsp3) is 0.143. The highest BCUT2D eigenvalue weighted by molar-refractivity contribution is 7.18. The third kappa shape index (κ3) is 4.19. The van der Waals surface area contributed by atoms with Crippen molar-refractivity contribution in [3.05, 3.63) is 74.7 Å². The Balaban J connectivity index is 1.42. The third-order valence-electron chi connectivity index (χ3n) is 4.73. The highest BCUT2D eigenvalue weighted by Crippen LogP contribution is 2.23. The van der Waals surface area contributed by atoms with E-state index in [9.17, 15) is 4.79 Å². The van der Waals surface area contributed by atoms with Crippen molar-refractivity contribution in [1.82, 2.24) is 20.0 Å².